The van der Waals surface area contributed by atoms with Gasteiger partial charge in [0.05, 0.1) is 11.0 Å². The van der Waals surface area contributed by atoms with Crippen LogP contribution in [0.2, 0.25) is 0 Å². The van der Waals surface area contributed by atoms with Crippen LogP contribution in [0.15, 0.2) is 24.3 Å². The highest BCUT2D eigenvalue weighted by atomic mass is 16.4. The lowest BCUT2D eigenvalue weighted by Gasteiger charge is -2.13. The Balaban J connectivity index is 2.20. The van der Waals surface area contributed by atoms with Gasteiger partial charge in [-0.1, -0.05) is 0 Å². The van der Waals surface area contributed by atoms with E-state index in [2.05, 4.69) is 9.97 Å². The maximum Gasteiger partial charge on any atom is 0.352 e. The molecule has 0 saturated carbocycles. The van der Waals surface area contributed by atoms with E-state index >= 15 is 0 Å². The quantitative estimate of drug-likeness (QED) is 0.247. The summed E-state index contributed by atoms with van der Waals surface area (Å²) < 4.78 is 0. The lowest BCUT2D eigenvalue weighted by Crippen LogP contribution is -1.94. The van der Waals surface area contributed by atoms with Gasteiger partial charge in [0.2, 0.25) is 0 Å². The van der Waals surface area contributed by atoms with Crippen LogP contribution < -0.4 is 0 Å². The van der Waals surface area contributed by atoms with Crippen molar-refractivity contribution in [2.45, 2.75) is 0 Å². The number of aromatic nitrogens is 2. The maximum absolute atomic E-state index is 11.3. The van der Waals surface area contributed by atoms with E-state index in [0.29, 0.717) is 0 Å². The highest BCUT2D eigenvalue weighted by molar-refractivity contribution is 6.13. The third kappa shape index (κ3) is 2.28. The molecule has 0 aliphatic rings. The first-order valence-electron chi connectivity index (χ1n) is 7.81. The monoisotopic (exact) mass is 384 g/mol. The third-order valence-corrected chi connectivity index (χ3v) is 4.47. The highest BCUT2D eigenvalue weighted by Gasteiger charge is 2.25. The van der Waals surface area contributed by atoms with Gasteiger partial charge in [-0.2, -0.15) is 0 Å². The van der Waals surface area contributed by atoms with Crippen LogP contribution in [0.3, 0.4) is 0 Å². The molecular weight excluding hydrogens is 372 g/mol. The second-order valence-corrected chi connectivity index (χ2v) is 6.14. The summed E-state index contributed by atoms with van der Waals surface area (Å²) in [6, 6.07) is 4.59. The second-order valence-electron chi connectivity index (χ2n) is 6.14. The summed E-state index contributed by atoms with van der Waals surface area (Å²) >= 11 is 0. The van der Waals surface area contributed by atoms with Crippen molar-refractivity contribution in [1.29, 1.82) is 0 Å². The molecule has 0 atom stereocenters. The molecule has 28 heavy (non-hydrogen) atoms. The normalized spacial score (nSPS) is 11.3. The number of fused-ring (bicyclic) bond motifs is 2. The number of carbonyl (C=O) groups is 2. The van der Waals surface area contributed by atoms with Crippen molar-refractivity contribution in [3.63, 3.8) is 0 Å². The standard InChI is InChI=1S/C18H12N2O8/c21-11-3-7-5(1-9(19-7)17(25)26)13(15(11)23)14-6-2-10(18(27)28)20-8(6)4-12(22)16(14)24/h1-4,19-24H,(H,25,26)(H,27,28). The lowest BCUT2D eigenvalue weighted by atomic mass is 9.95. The Labute approximate surface area is 154 Å². The minimum absolute atomic E-state index is 0.132. The van der Waals surface area contributed by atoms with Crippen molar-refractivity contribution < 1.29 is 40.2 Å². The number of carboxylic acids is 2. The Morgan fingerprint density at radius 2 is 1.00 bits per heavy atom. The molecule has 0 bridgehead atoms. The maximum atomic E-state index is 11.3. The Kier molecular flexibility index (Phi) is 3.40. The summed E-state index contributed by atoms with van der Waals surface area (Å²) in [7, 11) is 0. The Bertz CT molecular complexity index is 1210. The van der Waals surface area contributed by atoms with Crippen molar-refractivity contribution in [1.82, 2.24) is 9.97 Å². The van der Waals surface area contributed by atoms with Gasteiger partial charge in [-0.05, 0) is 12.1 Å². The number of H-pyrrole nitrogens is 2. The summed E-state index contributed by atoms with van der Waals surface area (Å²) in [5, 5.41) is 59.7. The van der Waals surface area contributed by atoms with Gasteiger partial charge in [0, 0.05) is 34.0 Å². The van der Waals surface area contributed by atoms with Gasteiger partial charge in [-0.15, -0.1) is 0 Å². The molecule has 10 nitrogen and oxygen atoms in total. The first-order chi connectivity index (χ1) is 13.2. The number of carboxylic acid groups (broad SMARTS) is 2. The Morgan fingerprint density at radius 3 is 1.32 bits per heavy atom. The van der Waals surface area contributed by atoms with Gasteiger partial charge in [0.15, 0.2) is 23.0 Å². The molecule has 2 aromatic carbocycles. The van der Waals surface area contributed by atoms with Gasteiger partial charge in [-0.25, -0.2) is 9.59 Å². The number of phenols is 4. The number of nitrogens with one attached hydrogen (secondary N) is 2. The molecule has 142 valence electrons. The van der Waals surface area contributed by atoms with E-state index in [1.165, 1.54) is 12.1 Å². The number of rotatable bonds is 3. The predicted octanol–water partition coefficient (Wildman–Crippen LogP) is 2.54. The number of aromatic amines is 2. The van der Waals surface area contributed by atoms with Gasteiger partial charge in [-0.3, -0.25) is 0 Å². The van der Waals surface area contributed by atoms with Crippen LogP contribution in [0.25, 0.3) is 32.9 Å². The fourth-order valence-corrected chi connectivity index (χ4v) is 3.24. The topological polar surface area (TPSA) is 187 Å². The van der Waals surface area contributed by atoms with Crippen molar-refractivity contribution in [2.24, 2.45) is 0 Å². The Morgan fingerprint density at radius 1 is 0.643 bits per heavy atom. The van der Waals surface area contributed by atoms with E-state index in [-0.39, 0.29) is 44.3 Å². The van der Waals surface area contributed by atoms with E-state index in [9.17, 15) is 40.2 Å². The second kappa shape index (κ2) is 5.58. The summed E-state index contributed by atoms with van der Waals surface area (Å²) in [6.07, 6.45) is 0. The first-order valence-corrected chi connectivity index (χ1v) is 7.81. The minimum Gasteiger partial charge on any atom is -0.504 e. The van der Waals surface area contributed by atoms with E-state index < -0.39 is 34.9 Å². The fraction of sp³-hybridized carbons (Fsp3) is 0. The molecule has 0 unspecified atom stereocenters. The van der Waals surface area contributed by atoms with Crippen LogP contribution >= 0.6 is 0 Å². The average Bonchev–Trinajstić information content (AvgIpc) is 3.22. The summed E-state index contributed by atoms with van der Waals surface area (Å²) in [5.41, 5.74) is -0.531. The molecule has 0 amide bonds. The lowest BCUT2D eigenvalue weighted by molar-refractivity contribution is 0.0681. The fourth-order valence-electron chi connectivity index (χ4n) is 3.24. The van der Waals surface area contributed by atoms with Crippen molar-refractivity contribution in [2.75, 3.05) is 0 Å². The van der Waals surface area contributed by atoms with E-state index in [1.54, 1.807) is 0 Å². The van der Waals surface area contributed by atoms with E-state index in [4.69, 9.17) is 0 Å². The van der Waals surface area contributed by atoms with Crippen LogP contribution in [0, 0.1) is 0 Å². The minimum atomic E-state index is -1.29. The smallest absolute Gasteiger partial charge is 0.352 e. The number of phenolic OH excluding ortho intramolecular Hbond substituents is 4. The van der Waals surface area contributed by atoms with Crippen LogP contribution in [0.1, 0.15) is 21.0 Å². The molecule has 2 aromatic heterocycles. The molecule has 0 fully saturated rings. The molecule has 8 N–H and O–H groups in total. The summed E-state index contributed by atoms with van der Waals surface area (Å²) in [4.78, 5) is 27.7. The van der Waals surface area contributed by atoms with Crippen molar-refractivity contribution in [3.8, 4) is 34.1 Å². The van der Waals surface area contributed by atoms with Crippen LogP contribution in [-0.2, 0) is 0 Å². The van der Waals surface area contributed by atoms with Crippen molar-refractivity contribution in [3.05, 3.63) is 35.7 Å². The molecule has 2 heterocycles. The number of benzene rings is 2. The summed E-state index contributed by atoms with van der Waals surface area (Å²) in [6.45, 7) is 0. The molecule has 0 aliphatic carbocycles. The molecular formula is C18H12N2O8. The highest BCUT2D eigenvalue weighted by Crippen LogP contribution is 2.50. The van der Waals surface area contributed by atoms with Crippen LogP contribution in [-0.4, -0.2) is 52.5 Å². The zero-order valence-electron chi connectivity index (χ0n) is 13.8. The number of hydrogen-bond acceptors (Lipinski definition) is 6. The largest absolute Gasteiger partial charge is 0.504 e. The van der Waals surface area contributed by atoms with E-state index in [0.717, 1.165) is 12.1 Å². The molecule has 0 radical (unpaired) electrons. The molecule has 0 aliphatic heterocycles. The molecule has 0 saturated heterocycles. The number of hydrogen-bond donors (Lipinski definition) is 8. The van der Waals surface area contributed by atoms with Gasteiger partial charge in [0.25, 0.3) is 0 Å². The third-order valence-electron chi connectivity index (χ3n) is 4.47. The van der Waals surface area contributed by atoms with Gasteiger partial charge >= 0.3 is 11.9 Å². The first kappa shape index (κ1) is 17.1. The SMILES string of the molecule is O=C(O)c1cc2c(-c3c(O)c(O)cc4[nH]c(C(=O)O)cc34)c(O)c(O)cc2[nH]1. The number of aromatic carboxylic acids is 2. The zero-order chi connectivity index (χ0) is 20.3. The van der Waals surface area contributed by atoms with Crippen LogP contribution in [0.4, 0.5) is 0 Å². The van der Waals surface area contributed by atoms with Crippen molar-refractivity contribution >= 4 is 33.7 Å². The molecule has 4 rings (SSSR count). The average molecular weight is 384 g/mol. The summed E-state index contributed by atoms with van der Waals surface area (Å²) in [5.74, 6) is -5.15. The van der Waals surface area contributed by atoms with Crippen LogP contribution in [0.5, 0.6) is 23.0 Å². The molecule has 0 spiro atoms. The number of aromatic hydroxyl groups is 4. The molecule has 10 heteroatoms. The zero-order valence-corrected chi connectivity index (χ0v) is 13.8. The Hall–Kier alpha value is -4.34. The van der Waals surface area contributed by atoms with Gasteiger partial charge in [0.1, 0.15) is 11.4 Å². The van der Waals surface area contributed by atoms with E-state index in [1.807, 2.05) is 0 Å². The molecule has 4 aromatic rings. The predicted molar refractivity (Wildman–Crippen MR) is 96.2 cm³/mol. The van der Waals surface area contributed by atoms with Gasteiger partial charge < -0.3 is 40.6 Å².